The highest BCUT2D eigenvalue weighted by Crippen LogP contribution is 2.47. The molecular weight excluding hydrogens is 678 g/mol. The third-order valence-corrected chi connectivity index (χ3v) is 12.3. The van der Waals surface area contributed by atoms with Gasteiger partial charge in [0.15, 0.2) is 0 Å². The van der Waals surface area contributed by atoms with E-state index in [2.05, 4.69) is 21.9 Å². The van der Waals surface area contributed by atoms with E-state index in [0.29, 0.717) is 32.4 Å². The van der Waals surface area contributed by atoms with Gasteiger partial charge in [-0.2, -0.15) is 0 Å². The first kappa shape index (κ1) is 38.1. The molecule has 3 fully saturated rings. The molecule has 2 saturated carbocycles. The van der Waals surface area contributed by atoms with E-state index in [1.807, 2.05) is 24.3 Å². The van der Waals surface area contributed by atoms with Crippen molar-refractivity contribution in [3.05, 3.63) is 48.0 Å². The number of hydrogen-bond donors (Lipinski definition) is 3. The van der Waals surface area contributed by atoms with Crippen molar-refractivity contribution in [1.82, 2.24) is 25.2 Å². The molecule has 3 N–H and O–H groups in total. The van der Waals surface area contributed by atoms with E-state index < -0.39 is 85.3 Å². The lowest BCUT2D eigenvalue weighted by molar-refractivity contribution is -0.143. The number of carbonyl (C=O) groups excluding carboxylic acids is 5. The van der Waals surface area contributed by atoms with Gasteiger partial charge in [-0.25, -0.2) is 18.0 Å². The van der Waals surface area contributed by atoms with E-state index in [-0.39, 0.29) is 19.4 Å². The minimum Gasteiger partial charge on any atom is -0.444 e. The van der Waals surface area contributed by atoms with Crippen LogP contribution in [0.4, 0.5) is 9.59 Å². The molecule has 0 bridgehead atoms. The lowest BCUT2D eigenvalue weighted by atomic mass is 9.85. The maximum atomic E-state index is 14.4. The van der Waals surface area contributed by atoms with E-state index in [1.165, 1.54) is 11.0 Å². The number of nitrogens with one attached hydrogen (secondary N) is 3. The molecule has 15 heteroatoms. The fourth-order valence-corrected chi connectivity index (χ4v) is 7.91. The molecular formula is C36H51N5O9S. The summed E-state index contributed by atoms with van der Waals surface area (Å²) in [6.07, 6.45) is 0.660. The van der Waals surface area contributed by atoms with Crippen molar-refractivity contribution in [3.63, 3.8) is 0 Å². The van der Waals surface area contributed by atoms with E-state index >= 15 is 0 Å². The number of ether oxygens (including phenoxy) is 2. The maximum absolute atomic E-state index is 14.4. The maximum Gasteiger partial charge on any atom is 0.410 e. The van der Waals surface area contributed by atoms with Crippen LogP contribution in [0.15, 0.2) is 36.9 Å². The molecule has 1 saturated heterocycles. The smallest absolute Gasteiger partial charge is 0.410 e. The monoisotopic (exact) mass is 729 g/mol. The SMILES string of the molecule is C=CC1CC1(NC(=O)C1CC(OC(=O)N2CCc3ccccc3C2)CN1C(=O)C(NC(=O)OC(C)(C)C)C(C)(C)C)C(=O)NS(=O)(=O)C1(C)CC1. The zero-order chi connectivity index (χ0) is 37.7. The third kappa shape index (κ3) is 8.18. The van der Waals surface area contributed by atoms with Crippen LogP contribution in [-0.2, 0) is 46.8 Å². The highest BCUT2D eigenvalue weighted by Gasteiger charge is 2.63. The summed E-state index contributed by atoms with van der Waals surface area (Å²) in [5.41, 5.74) is -1.13. The zero-order valence-corrected chi connectivity index (χ0v) is 31.4. The van der Waals surface area contributed by atoms with Gasteiger partial charge in [-0.15, -0.1) is 6.58 Å². The van der Waals surface area contributed by atoms with Gasteiger partial charge in [0, 0.05) is 25.4 Å². The van der Waals surface area contributed by atoms with E-state index in [4.69, 9.17) is 9.47 Å². The Labute approximate surface area is 300 Å². The van der Waals surface area contributed by atoms with Crippen molar-refractivity contribution < 1.29 is 41.9 Å². The molecule has 51 heavy (non-hydrogen) atoms. The molecule has 1 aromatic carbocycles. The molecule has 280 valence electrons. The van der Waals surface area contributed by atoms with Gasteiger partial charge >= 0.3 is 12.2 Å². The van der Waals surface area contributed by atoms with Crippen molar-refractivity contribution in [3.8, 4) is 0 Å². The lowest BCUT2D eigenvalue weighted by Crippen LogP contribution is -2.60. The Bertz CT molecular complexity index is 1710. The number of likely N-dealkylation sites (tertiary alicyclic amines) is 1. The van der Waals surface area contributed by atoms with Crippen LogP contribution >= 0.6 is 0 Å². The van der Waals surface area contributed by atoms with Crippen LogP contribution in [-0.4, -0.2) is 95.3 Å². The van der Waals surface area contributed by atoms with Gasteiger partial charge in [0.2, 0.25) is 21.8 Å². The Balaban J connectivity index is 1.38. The number of benzene rings is 1. The molecule has 5 rings (SSSR count). The second kappa shape index (κ2) is 13.4. The fourth-order valence-electron chi connectivity index (χ4n) is 6.60. The molecule has 5 amide bonds. The van der Waals surface area contributed by atoms with Crippen LogP contribution in [0.25, 0.3) is 0 Å². The Kier molecular flexibility index (Phi) is 10.0. The van der Waals surface area contributed by atoms with Gasteiger partial charge in [-0.3, -0.25) is 19.1 Å². The summed E-state index contributed by atoms with van der Waals surface area (Å²) < 4.78 is 38.3. The number of hydrogen-bond acceptors (Lipinski definition) is 9. The van der Waals surface area contributed by atoms with E-state index in [0.717, 1.165) is 11.1 Å². The number of amides is 5. The number of alkyl carbamates (subject to hydrolysis) is 1. The largest absolute Gasteiger partial charge is 0.444 e. The summed E-state index contributed by atoms with van der Waals surface area (Å²) in [4.78, 5) is 71.2. The van der Waals surface area contributed by atoms with Crippen LogP contribution in [0.2, 0.25) is 0 Å². The average molecular weight is 730 g/mol. The summed E-state index contributed by atoms with van der Waals surface area (Å²) in [5, 5.41) is 5.41. The van der Waals surface area contributed by atoms with E-state index in [1.54, 1.807) is 53.4 Å². The Morgan fingerprint density at radius 2 is 1.69 bits per heavy atom. The summed E-state index contributed by atoms with van der Waals surface area (Å²) in [6.45, 7) is 16.3. The zero-order valence-electron chi connectivity index (χ0n) is 30.5. The van der Waals surface area contributed by atoms with Crippen molar-refractivity contribution >= 4 is 39.9 Å². The Hall–Kier alpha value is -4.14. The topological polar surface area (TPSA) is 181 Å². The second-order valence-electron chi connectivity index (χ2n) is 16.5. The van der Waals surface area contributed by atoms with Crippen molar-refractivity contribution in [1.29, 1.82) is 0 Å². The normalized spacial score (nSPS) is 25.8. The number of nitrogens with zero attached hydrogens (tertiary/aromatic N) is 2. The van der Waals surface area contributed by atoms with Crippen LogP contribution in [0.3, 0.4) is 0 Å². The molecule has 4 aliphatic rings. The number of rotatable bonds is 9. The van der Waals surface area contributed by atoms with Crippen molar-refractivity contribution in [2.24, 2.45) is 11.3 Å². The fraction of sp³-hybridized carbons (Fsp3) is 0.639. The number of carbonyl (C=O) groups is 5. The van der Waals surface area contributed by atoms with Crippen LogP contribution in [0.5, 0.6) is 0 Å². The first-order chi connectivity index (χ1) is 23.6. The predicted molar refractivity (Wildman–Crippen MR) is 187 cm³/mol. The minimum atomic E-state index is -4.01. The predicted octanol–water partition coefficient (Wildman–Crippen LogP) is 3.15. The summed E-state index contributed by atoms with van der Waals surface area (Å²) in [7, 11) is -4.01. The molecule has 2 aliphatic carbocycles. The molecule has 1 aromatic rings. The van der Waals surface area contributed by atoms with Crippen LogP contribution in [0, 0.1) is 11.3 Å². The van der Waals surface area contributed by atoms with Gasteiger partial charge in [0.25, 0.3) is 5.91 Å². The molecule has 2 aliphatic heterocycles. The second-order valence-corrected chi connectivity index (χ2v) is 18.7. The molecule has 0 radical (unpaired) electrons. The number of fused-ring (bicyclic) bond motifs is 1. The van der Waals surface area contributed by atoms with Crippen molar-refractivity contribution in [2.75, 3.05) is 13.1 Å². The highest BCUT2D eigenvalue weighted by molar-refractivity contribution is 7.91. The summed E-state index contributed by atoms with van der Waals surface area (Å²) in [5.74, 6) is -2.77. The van der Waals surface area contributed by atoms with Gasteiger partial charge in [-0.05, 0) is 69.9 Å². The minimum absolute atomic E-state index is 0.0934. The van der Waals surface area contributed by atoms with Gasteiger partial charge in [0.1, 0.15) is 29.3 Å². The number of sulfonamides is 1. The molecule has 5 unspecified atom stereocenters. The molecule has 2 heterocycles. The highest BCUT2D eigenvalue weighted by atomic mass is 32.2. The average Bonchev–Trinajstić information content (AvgIpc) is 3.92. The third-order valence-electron chi connectivity index (χ3n) is 10.2. The standard InChI is InChI=1S/C36H51N5O9S/c1-9-24-19-36(24,30(44)39-51(47,48)35(8)15-16-35)38-28(42)26-18-25(49-32(46)40-17-14-22-12-10-11-13-23(22)20-40)21-41(26)29(43)27(33(2,3)4)37-31(45)50-34(5,6)7/h9-13,24-27H,1,14-21H2,2-8H3,(H,37,45)(H,38,42)(H,39,44). The van der Waals surface area contributed by atoms with Crippen molar-refractivity contribution in [2.45, 2.75) is 121 Å². The molecule has 0 aromatic heterocycles. The lowest BCUT2D eigenvalue weighted by Gasteiger charge is -2.36. The molecule has 0 spiro atoms. The first-order valence-electron chi connectivity index (χ1n) is 17.4. The van der Waals surface area contributed by atoms with Crippen LogP contribution in [0.1, 0.15) is 85.3 Å². The molecule has 5 atom stereocenters. The van der Waals surface area contributed by atoms with Gasteiger partial charge < -0.3 is 29.9 Å². The summed E-state index contributed by atoms with van der Waals surface area (Å²) >= 11 is 0. The van der Waals surface area contributed by atoms with Gasteiger partial charge in [0.05, 0.1) is 11.3 Å². The summed E-state index contributed by atoms with van der Waals surface area (Å²) in [6, 6.07) is 5.44. The van der Waals surface area contributed by atoms with Crippen LogP contribution < -0.4 is 15.4 Å². The van der Waals surface area contributed by atoms with Gasteiger partial charge in [-0.1, -0.05) is 51.1 Å². The van der Waals surface area contributed by atoms with E-state index in [9.17, 15) is 32.4 Å². The Morgan fingerprint density at radius 1 is 1.04 bits per heavy atom. The first-order valence-corrected chi connectivity index (χ1v) is 18.9. The quantitative estimate of drug-likeness (QED) is 0.322. The molecule has 14 nitrogen and oxygen atoms in total. The Morgan fingerprint density at radius 3 is 2.25 bits per heavy atom.